The maximum absolute atomic E-state index is 6.54. The first-order chi connectivity index (χ1) is 11.3. The van der Waals surface area contributed by atoms with Crippen LogP contribution in [0.15, 0.2) is 42.5 Å². The molecule has 118 valence electrons. The summed E-state index contributed by atoms with van der Waals surface area (Å²) in [6, 6.07) is 14.9. The molecule has 4 heteroatoms. The Hall–Kier alpha value is -1.36. The summed E-state index contributed by atoms with van der Waals surface area (Å²) < 4.78 is 19.2. The van der Waals surface area contributed by atoms with Crippen molar-refractivity contribution in [2.45, 2.75) is 49.9 Å². The topological polar surface area (TPSA) is 27.7 Å². The molecule has 0 N–H and O–H groups in total. The van der Waals surface area contributed by atoms with E-state index in [0.717, 1.165) is 50.6 Å². The lowest BCUT2D eigenvalue weighted by atomic mass is 9.78. The van der Waals surface area contributed by atoms with Crippen molar-refractivity contribution in [1.82, 2.24) is 0 Å². The fourth-order valence-corrected chi connectivity index (χ4v) is 4.59. The minimum absolute atomic E-state index is 0.236. The molecule has 0 unspecified atom stereocenters. The second kappa shape index (κ2) is 5.07. The highest BCUT2D eigenvalue weighted by Crippen LogP contribution is 2.54. The van der Waals surface area contributed by atoms with Gasteiger partial charge in [0.05, 0.1) is 6.61 Å². The normalized spacial score (nSPS) is 33.5. The van der Waals surface area contributed by atoms with Crippen LogP contribution in [0.4, 0.5) is 0 Å². The quantitative estimate of drug-likeness (QED) is 0.756. The van der Waals surface area contributed by atoms with Crippen LogP contribution >= 0.6 is 0 Å². The lowest BCUT2D eigenvalue weighted by Crippen LogP contribution is -2.48. The van der Waals surface area contributed by atoms with Gasteiger partial charge in [0, 0.05) is 6.42 Å². The van der Waals surface area contributed by atoms with Crippen LogP contribution in [0.2, 0.25) is 0 Å². The number of benzene rings is 2. The monoisotopic (exact) mass is 308 g/mol. The second-order valence-corrected chi connectivity index (χ2v) is 7.08. The fraction of sp³-hybridized carbons (Fsp3) is 0.474. The molecule has 1 aliphatic carbocycles. The van der Waals surface area contributed by atoms with Crippen molar-refractivity contribution in [1.29, 1.82) is 0 Å². The summed E-state index contributed by atoms with van der Waals surface area (Å²) in [7, 11) is -0.307. The van der Waals surface area contributed by atoms with Crippen molar-refractivity contribution in [3.63, 3.8) is 0 Å². The van der Waals surface area contributed by atoms with Crippen molar-refractivity contribution < 1.29 is 14.0 Å². The van der Waals surface area contributed by atoms with Gasteiger partial charge in [0.1, 0.15) is 5.60 Å². The average molecular weight is 308 g/mol. The van der Waals surface area contributed by atoms with E-state index < -0.39 is 5.79 Å². The lowest BCUT2D eigenvalue weighted by molar-refractivity contribution is -0.215. The Balaban J connectivity index is 1.52. The van der Waals surface area contributed by atoms with E-state index in [0.29, 0.717) is 0 Å². The Bertz CT molecular complexity index is 726. The summed E-state index contributed by atoms with van der Waals surface area (Å²) in [5.74, 6) is -0.514. The van der Waals surface area contributed by atoms with Gasteiger partial charge in [0.25, 0.3) is 0 Å². The first kappa shape index (κ1) is 14.0. The Morgan fingerprint density at radius 2 is 1.70 bits per heavy atom. The van der Waals surface area contributed by atoms with Crippen molar-refractivity contribution in [3.8, 4) is 0 Å². The zero-order chi connectivity index (χ0) is 15.3. The number of rotatable bonds is 1. The molecule has 0 spiro atoms. The Kier molecular flexibility index (Phi) is 3.09. The zero-order valence-electron chi connectivity index (χ0n) is 13.3. The fourth-order valence-electron chi connectivity index (χ4n) is 4.59. The van der Waals surface area contributed by atoms with E-state index in [2.05, 4.69) is 42.5 Å². The maximum atomic E-state index is 6.54. The van der Waals surface area contributed by atoms with Gasteiger partial charge >= 0.3 is 7.12 Å². The Morgan fingerprint density at radius 3 is 2.65 bits per heavy atom. The number of ether oxygens (including phenoxy) is 1. The third-order valence-corrected chi connectivity index (χ3v) is 5.77. The van der Waals surface area contributed by atoms with Crippen LogP contribution < -0.4 is 5.46 Å². The summed E-state index contributed by atoms with van der Waals surface area (Å²) in [5, 5.41) is 2.47. The van der Waals surface area contributed by atoms with Crippen LogP contribution in [-0.4, -0.2) is 25.1 Å². The van der Waals surface area contributed by atoms with E-state index in [9.17, 15) is 0 Å². The van der Waals surface area contributed by atoms with E-state index >= 15 is 0 Å². The van der Waals surface area contributed by atoms with Crippen LogP contribution in [0.3, 0.4) is 0 Å². The van der Waals surface area contributed by atoms with Crippen LogP contribution in [0.5, 0.6) is 0 Å². The highest BCUT2D eigenvalue weighted by Gasteiger charge is 2.66. The summed E-state index contributed by atoms with van der Waals surface area (Å²) in [6.07, 6.45) is 6.46. The van der Waals surface area contributed by atoms with Crippen LogP contribution in [0.25, 0.3) is 10.8 Å². The summed E-state index contributed by atoms with van der Waals surface area (Å²) >= 11 is 0. The molecule has 0 radical (unpaired) electrons. The second-order valence-electron chi connectivity index (χ2n) is 7.08. The molecule has 0 aromatic heterocycles. The van der Waals surface area contributed by atoms with Gasteiger partial charge in [-0.2, -0.15) is 0 Å². The minimum Gasteiger partial charge on any atom is -0.396 e. The molecule has 0 bridgehead atoms. The van der Waals surface area contributed by atoms with Gasteiger partial charge in [-0.3, -0.25) is 0 Å². The van der Waals surface area contributed by atoms with Gasteiger partial charge in [-0.25, -0.2) is 0 Å². The predicted octanol–water partition coefficient (Wildman–Crippen LogP) is 3.40. The third-order valence-electron chi connectivity index (χ3n) is 5.77. The van der Waals surface area contributed by atoms with Crippen molar-refractivity contribution in [2.75, 3.05) is 6.61 Å². The first-order valence-electron chi connectivity index (χ1n) is 8.79. The largest absolute Gasteiger partial charge is 0.496 e. The van der Waals surface area contributed by atoms with Crippen LogP contribution in [0, 0.1) is 0 Å². The molecule has 2 saturated heterocycles. The molecule has 2 atom stereocenters. The molecule has 5 rings (SSSR count). The van der Waals surface area contributed by atoms with Gasteiger partial charge in [-0.1, -0.05) is 42.5 Å². The molecular formula is C19H21BO3. The molecule has 3 nitrogen and oxygen atoms in total. The van der Waals surface area contributed by atoms with Crippen molar-refractivity contribution >= 4 is 23.4 Å². The number of fused-ring (bicyclic) bond motifs is 1. The molecule has 3 aliphatic rings. The molecule has 2 aliphatic heterocycles. The molecular weight excluding hydrogens is 287 g/mol. The van der Waals surface area contributed by atoms with Crippen LogP contribution in [0.1, 0.15) is 38.5 Å². The standard InChI is InChI=1S/C19H21BO3/c1-2-7-16-14-17(9-8-15(16)6-1)20-22-18-10-3-4-13-21-19(18,23-20)12-5-11-18/h1-2,6-9,14H,3-5,10-13H2/t18-,19+/m0/s1. The highest BCUT2D eigenvalue weighted by atomic mass is 16.8. The van der Waals surface area contributed by atoms with Gasteiger partial charge in [0.2, 0.25) is 0 Å². The lowest BCUT2D eigenvalue weighted by Gasteiger charge is -2.36. The summed E-state index contributed by atoms with van der Waals surface area (Å²) in [6.45, 7) is 0.787. The summed E-state index contributed by atoms with van der Waals surface area (Å²) in [4.78, 5) is 0. The van der Waals surface area contributed by atoms with Gasteiger partial charge < -0.3 is 14.0 Å². The van der Waals surface area contributed by atoms with E-state index in [1.807, 2.05) is 0 Å². The average Bonchev–Trinajstić information content (AvgIpc) is 3.01. The van der Waals surface area contributed by atoms with Crippen LogP contribution in [-0.2, 0) is 14.0 Å². The number of hydrogen-bond donors (Lipinski definition) is 0. The molecule has 23 heavy (non-hydrogen) atoms. The highest BCUT2D eigenvalue weighted by molar-refractivity contribution is 6.62. The number of hydrogen-bond acceptors (Lipinski definition) is 3. The summed E-state index contributed by atoms with van der Waals surface area (Å²) in [5.41, 5.74) is 0.862. The Labute approximate surface area is 137 Å². The smallest absolute Gasteiger partial charge is 0.396 e. The van der Waals surface area contributed by atoms with E-state index in [4.69, 9.17) is 14.0 Å². The molecule has 3 fully saturated rings. The van der Waals surface area contributed by atoms with E-state index in [1.165, 1.54) is 10.8 Å². The van der Waals surface area contributed by atoms with E-state index in [1.54, 1.807) is 0 Å². The molecule has 1 saturated carbocycles. The first-order valence-corrected chi connectivity index (χ1v) is 8.79. The van der Waals surface area contributed by atoms with Crippen molar-refractivity contribution in [3.05, 3.63) is 42.5 Å². The third kappa shape index (κ3) is 2.02. The molecule has 0 amide bonds. The predicted molar refractivity (Wildman–Crippen MR) is 90.6 cm³/mol. The molecule has 2 heterocycles. The molecule has 2 aromatic rings. The van der Waals surface area contributed by atoms with Crippen molar-refractivity contribution in [2.24, 2.45) is 0 Å². The van der Waals surface area contributed by atoms with E-state index in [-0.39, 0.29) is 12.7 Å². The zero-order valence-corrected chi connectivity index (χ0v) is 13.3. The Morgan fingerprint density at radius 1 is 0.826 bits per heavy atom. The van der Waals surface area contributed by atoms with Gasteiger partial charge in [-0.05, 0) is 48.3 Å². The maximum Gasteiger partial charge on any atom is 0.496 e. The molecule has 2 aromatic carbocycles. The van der Waals surface area contributed by atoms with Gasteiger partial charge in [0.15, 0.2) is 5.79 Å². The minimum atomic E-state index is -0.514. The van der Waals surface area contributed by atoms with Gasteiger partial charge in [-0.15, -0.1) is 0 Å². The SMILES string of the molecule is c1ccc2cc(B3O[C@]45CCCCO[C@]4(CCC5)O3)ccc2c1.